The van der Waals surface area contributed by atoms with Crippen LogP contribution < -0.4 is 10.9 Å². The van der Waals surface area contributed by atoms with Crippen LogP contribution in [-0.2, 0) is 13.1 Å². The van der Waals surface area contributed by atoms with E-state index in [0.717, 1.165) is 16.7 Å². The smallest absolute Gasteiger partial charge is 0.271 e. The average Bonchev–Trinajstić information content (AvgIpc) is 2.63. The largest absolute Gasteiger partial charge is 0.347 e. The molecule has 1 N–H and O–H groups in total. The average molecular weight is 333 g/mol. The summed E-state index contributed by atoms with van der Waals surface area (Å²) >= 11 is 0. The van der Waals surface area contributed by atoms with E-state index in [1.54, 1.807) is 0 Å². The van der Waals surface area contributed by atoms with Gasteiger partial charge in [-0.25, -0.2) is 4.68 Å². The van der Waals surface area contributed by atoms with Gasteiger partial charge in [-0.05, 0) is 29.7 Å². The number of hydrogen-bond donors (Lipinski definition) is 1. The molecule has 0 fully saturated rings. The van der Waals surface area contributed by atoms with Gasteiger partial charge in [-0.15, -0.1) is 0 Å². The topological polar surface area (TPSA) is 64.0 Å². The minimum Gasteiger partial charge on any atom is -0.347 e. The van der Waals surface area contributed by atoms with Crippen LogP contribution in [0.2, 0.25) is 0 Å². The van der Waals surface area contributed by atoms with Crippen molar-refractivity contribution in [3.05, 3.63) is 99.5 Å². The molecule has 0 radical (unpaired) electrons. The van der Waals surface area contributed by atoms with E-state index in [1.807, 2.05) is 61.5 Å². The number of rotatable bonds is 5. The van der Waals surface area contributed by atoms with Gasteiger partial charge in [-0.2, -0.15) is 5.10 Å². The van der Waals surface area contributed by atoms with Gasteiger partial charge >= 0.3 is 0 Å². The van der Waals surface area contributed by atoms with Crippen molar-refractivity contribution < 1.29 is 4.79 Å². The van der Waals surface area contributed by atoms with Crippen molar-refractivity contribution in [1.82, 2.24) is 15.1 Å². The molecule has 1 amide bonds. The molecular weight excluding hydrogens is 314 g/mol. The molecule has 0 saturated heterocycles. The van der Waals surface area contributed by atoms with E-state index >= 15 is 0 Å². The maximum atomic E-state index is 12.4. The van der Waals surface area contributed by atoms with Crippen molar-refractivity contribution in [2.45, 2.75) is 20.0 Å². The van der Waals surface area contributed by atoms with E-state index in [2.05, 4.69) is 10.4 Å². The van der Waals surface area contributed by atoms with Crippen molar-refractivity contribution in [2.24, 2.45) is 0 Å². The Morgan fingerprint density at radius 1 is 1.00 bits per heavy atom. The summed E-state index contributed by atoms with van der Waals surface area (Å²) in [6.07, 6.45) is 0. The number of nitrogens with one attached hydrogen (secondary N) is 1. The molecular formula is C20H19N3O2. The second-order valence-electron chi connectivity index (χ2n) is 5.81. The standard InChI is InChI=1S/C20H19N3O2/c1-15-7-5-6-10-17(15)13-21-20(25)18-11-12-19(24)23(22-18)14-16-8-3-2-4-9-16/h2-12H,13-14H2,1H3,(H,21,25). The zero-order valence-corrected chi connectivity index (χ0v) is 14.0. The summed E-state index contributed by atoms with van der Waals surface area (Å²) in [5.74, 6) is -0.301. The fourth-order valence-corrected chi connectivity index (χ4v) is 2.51. The Morgan fingerprint density at radius 2 is 1.72 bits per heavy atom. The fraction of sp³-hybridized carbons (Fsp3) is 0.150. The molecule has 3 aromatic rings. The predicted molar refractivity (Wildman–Crippen MR) is 96.4 cm³/mol. The molecule has 126 valence electrons. The van der Waals surface area contributed by atoms with Crippen LogP contribution in [0, 0.1) is 6.92 Å². The molecule has 0 bridgehead atoms. The molecule has 2 aromatic carbocycles. The minimum absolute atomic E-state index is 0.226. The zero-order valence-electron chi connectivity index (χ0n) is 14.0. The summed E-state index contributed by atoms with van der Waals surface area (Å²) in [6, 6.07) is 20.2. The molecule has 25 heavy (non-hydrogen) atoms. The number of nitrogens with zero attached hydrogens (tertiary/aromatic N) is 2. The number of aromatic nitrogens is 2. The SMILES string of the molecule is Cc1ccccc1CNC(=O)c1ccc(=O)n(Cc2ccccc2)n1. The Morgan fingerprint density at radius 3 is 2.48 bits per heavy atom. The molecule has 5 heteroatoms. The van der Waals surface area contributed by atoms with Crippen LogP contribution in [-0.4, -0.2) is 15.7 Å². The highest BCUT2D eigenvalue weighted by molar-refractivity contribution is 5.91. The molecule has 0 saturated carbocycles. The summed E-state index contributed by atoms with van der Waals surface area (Å²) in [5, 5.41) is 7.04. The monoisotopic (exact) mass is 333 g/mol. The molecule has 1 heterocycles. The van der Waals surface area contributed by atoms with Crippen molar-refractivity contribution in [1.29, 1.82) is 0 Å². The predicted octanol–water partition coefficient (Wildman–Crippen LogP) is 2.53. The van der Waals surface area contributed by atoms with E-state index < -0.39 is 0 Å². The quantitative estimate of drug-likeness (QED) is 0.780. The van der Waals surface area contributed by atoms with Gasteiger partial charge in [0.25, 0.3) is 11.5 Å². The van der Waals surface area contributed by atoms with Crippen LogP contribution in [0.3, 0.4) is 0 Å². The highest BCUT2D eigenvalue weighted by atomic mass is 16.2. The first-order chi connectivity index (χ1) is 12.1. The van der Waals surface area contributed by atoms with Gasteiger partial charge in [0.15, 0.2) is 0 Å². The van der Waals surface area contributed by atoms with E-state index in [4.69, 9.17) is 0 Å². The lowest BCUT2D eigenvalue weighted by molar-refractivity contribution is 0.0943. The van der Waals surface area contributed by atoms with Gasteiger partial charge in [0, 0.05) is 12.6 Å². The summed E-state index contributed by atoms with van der Waals surface area (Å²) < 4.78 is 1.30. The van der Waals surface area contributed by atoms with Crippen molar-refractivity contribution >= 4 is 5.91 Å². The first-order valence-corrected chi connectivity index (χ1v) is 8.08. The molecule has 5 nitrogen and oxygen atoms in total. The minimum atomic E-state index is -0.301. The highest BCUT2D eigenvalue weighted by Crippen LogP contribution is 2.06. The van der Waals surface area contributed by atoms with Crippen LogP contribution in [0.5, 0.6) is 0 Å². The Hall–Kier alpha value is -3.21. The molecule has 1 aromatic heterocycles. The Labute approximate surface area is 145 Å². The second-order valence-corrected chi connectivity index (χ2v) is 5.81. The number of amides is 1. The molecule has 0 atom stereocenters. The summed E-state index contributed by atoms with van der Waals surface area (Å²) in [4.78, 5) is 24.3. The van der Waals surface area contributed by atoms with Crippen molar-refractivity contribution in [3.8, 4) is 0 Å². The van der Waals surface area contributed by atoms with Crippen LogP contribution in [0.4, 0.5) is 0 Å². The van der Waals surface area contributed by atoms with Crippen LogP contribution in [0.15, 0.2) is 71.5 Å². The number of aryl methyl sites for hydroxylation is 1. The van der Waals surface area contributed by atoms with Crippen molar-refractivity contribution in [2.75, 3.05) is 0 Å². The third-order valence-corrected chi connectivity index (χ3v) is 3.98. The molecule has 3 rings (SSSR count). The third kappa shape index (κ3) is 4.20. The maximum absolute atomic E-state index is 12.4. The number of carbonyl (C=O) groups excluding carboxylic acids is 1. The summed E-state index contributed by atoms with van der Waals surface area (Å²) in [6.45, 7) is 2.75. The lowest BCUT2D eigenvalue weighted by Gasteiger charge is -2.09. The van der Waals surface area contributed by atoms with Gasteiger partial charge in [-0.1, -0.05) is 54.6 Å². The Bertz CT molecular complexity index is 933. The van der Waals surface area contributed by atoms with Gasteiger partial charge in [0.05, 0.1) is 6.54 Å². The first-order valence-electron chi connectivity index (χ1n) is 8.08. The van der Waals surface area contributed by atoms with E-state index in [0.29, 0.717) is 13.1 Å². The number of carbonyl (C=O) groups is 1. The first kappa shape index (κ1) is 16.6. The number of hydrogen-bond acceptors (Lipinski definition) is 3. The van der Waals surface area contributed by atoms with E-state index in [1.165, 1.54) is 16.8 Å². The molecule has 0 aliphatic carbocycles. The van der Waals surface area contributed by atoms with Crippen molar-refractivity contribution in [3.63, 3.8) is 0 Å². The van der Waals surface area contributed by atoms with Gasteiger partial charge in [0.1, 0.15) is 5.69 Å². The molecule has 0 aliphatic heterocycles. The van der Waals surface area contributed by atoms with Gasteiger partial charge < -0.3 is 5.32 Å². The van der Waals surface area contributed by atoms with Crippen LogP contribution in [0.1, 0.15) is 27.2 Å². The van der Waals surface area contributed by atoms with E-state index in [9.17, 15) is 9.59 Å². The van der Waals surface area contributed by atoms with Crippen LogP contribution in [0.25, 0.3) is 0 Å². The van der Waals surface area contributed by atoms with Gasteiger partial charge in [-0.3, -0.25) is 9.59 Å². The van der Waals surface area contributed by atoms with Gasteiger partial charge in [0.2, 0.25) is 0 Å². The second kappa shape index (κ2) is 7.57. The van der Waals surface area contributed by atoms with E-state index in [-0.39, 0.29) is 17.2 Å². The van der Waals surface area contributed by atoms with Crippen LogP contribution >= 0.6 is 0 Å². The normalized spacial score (nSPS) is 10.4. The summed E-state index contributed by atoms with van der Waals surface area (Å²) in [5.41, 5.74) is 3.11. The molecule has 0 aliphatic rings. The number of benzene rings is 2. The molecule has 0 unspecified atom stereocenters. The molecule has 0 spiro atoms. The fourth-order valence-electron chi connectivity index (χ4n) is 2.51. The Balaban J connectivity index is 1.74. The highest BCUT2D eigenvalue weighted by Gasteiger charge is 2.10. The summed E-state index contributed by atoms with van der Waals surface area (Å²) in [7, 11) is 0. The lowest BCUT2D eigenvalue weighted by Crippen LogP contribution is -2.29. The third-order valence-electron chi connectivity index (χ3n) is 3.98. The zero-order chi connectivity index (χ0) is 17.6. The Kier molecular flexibility index (Phi) is 5.04. The lowest BCUT2D eigenvalue weighted by atomic mass is 10.1. The maximum Gasteiger partial charge on any atom is 0.271 e.